The van der Waals surface area contributed by atoms with Crippen LogP contribution in [0.2, 0.25) is 0 Å². The van der Waals surface area contributed by atoms with Crippen molar-refractivity contribution in [3.05, 3.63) is 42.4 Å². The fraction of sp³-hybridized carbons (Fsp3) is 0.200. The fourth-order valence-corrected chi connectivity index (χ4v) is 2.13. The lowest BCUT2D eigenvalue weighted by Crippen LogP contribution is -2.03. The zero-order valence-electron chi connectivity index (χ0n) is 12.2. The Hall–Kier alpha value is -3.16. The van der Waals surface area contributed by atoms with Gasteiger partial charge < -0.3 is 18.7 Å². The molecular formula is C15H12N4O4. The third-order valence-corrected chi connectivity index (χ3v) is 3.25. The number of fused-ring (bicyclic) bond motifs is 1. The van der Waals surface area contributed by atoms with Crippen LogP contribution in [-0.4, -0.2) is 27.1 Å². The van der Waals surface area contributed by atoms with E-state index in [4.69, 9.17) is 18.7 Å². The van der Waals surface area contributed by atoms with Gasteiger partial charge in [-0.05, 0) is 31.2 Å². The van der Waals surface area contributed by atoms with E-state index < -0.39 is 6.10 Å². The van der Waals surface area contributed by atoms with Crippen molar-refractivity contribution in [2.45, 2.75) is 13.0 Å². The van der Waals surface area contributed by atoms with E-state index in [-0.39, 0.29) is 6.79 Å². The van der Waals surface area contributed by atoms with Crippen LogP contribution in [-0.2, 0) is 0 Å². The monoisotopic (exact) mass is 312 g/mol. The van der Waals surface area contributed by atoms with E-state index in [1.807, 2.05) is 6.92 Å². The lowest BCUT2D eigenvalue weighted by molar-refractivity contribution is 0.170. The second-order valence-corrected chi connectivity index (χ2v) is 4.84. The molecule has 1 aliphatic rings. The van der Waals surface area contributed by atoms with Crippen LogP contribution < -0.4 is 14.2 Å². The van der Waals surface area contributed by atoms with Crippen LogP contribution in [0, 0.1) is 0 Å². The molecule has 0 bridgehead atoms. The first-order valence-electron chi connectivity index (χ1n) is 6.97. The van der Waals surface area contributed by atoms with Gasteiger partial charge in [-0.25, -0.2) is 0 Å². The topological polar surface area (TPSA) is 92.4 Å². The fourth-order valence-electron chi connectivity index (χ4n) is 2.13. The van der Waals surface area contributed by atoms with E-state index in [0.717, 1.165) is 0 Å². The summed E-state index contributed by atoms with van der Waals surface area (Å²) in [4.78, 5) is 4.29. The van der Waals surface area contributed by atoms with Gasteiger partial charge in [-0.2, -0.15) is 10.1 Å². The van der Waals surface area contributed by atoms with Gasteiger partial charge in [-0.15, -0.1) is 5.10 Å². The first kappa shape index (κ1) is 13.5. The van der Waals surface area contributed by atoms with Gasteiger partial charge in [0.05, 0.1) is 0 Å². The van der Waals surface area contributed by atoms with Crippen molar-refractivity contribution >= 4 is 0 Å². The zero-order valence-corrected chi connectivity index (χ0v) is 12.2. The summed E-state index contributed by atoms with van der Waals surface area (Å²) in [6, 6.07) is 8.86. The number of nitrogens with zero attached hydrogens (tertiary/aromatic N) is 4. The Morgan fingerprint density at radius 3 is 2.96 bits per heavy atom. The van der Waals surface area contributed by atoms with E-state index in [1.165, 1.54) is 0 Å². The Labute approximate surface area is 131 Å². The number of aromatic nitrogens is 4. The molecule has 0 amide bonds. The van der Waals surface area contributed by atoms with Crippen molar-refractivity contribution in [3.63, 3.8) is 0 Å². The Morgan fingerprint density at radius 2 is 2.09 bits per heavy atom. The summed E-state index contributed by atoms with van der Waals surface area (Å²) in [6.45, 7) is 2.04. The molecule has 1 aliphatic heterocycles. The molecule has 8 nitrogen and oxygen atoms in total. The molecular weight excluding hydrogens is 300 g/mol. The van der Waals surface area contributed by atoms with E-state index in [0.29, 0.717) is 34.7 Å². The van der Waals surface area contributed by atoms with Gasteiger partial charge in [0.1, 0.15) is 11.4 Å². The van der Waals surface area contributed by atoms with Crippen LogP contribution in [0.5, 0.6) is 17.2 Å². The van der Waals surface area contributed by atoms with Crippen LogP contribution in [0.4, 0.5) is 0 Å². The smallest absolute Gasteiger partial charge is 0.267 e. The van der Waals surface area contributed by atoms with Gasteiger partial charge in [0.15, 0.2) is 17.6 Å². The summed E-state index contributed by atoms with van der Waals surface area (Å²) < 4.78 is 21.6. The molecule has 1 aromatic carbocycles. The van der Waals surface area contributed by atoms with E-state index in [1.54, 1.807) is 36.5 Å². The van der Waals surface area contributed by atoms with E-state index in [2.05, 4.69) is 20.3 Å². The number of ether oxygens (including phenoxy) is 3. The zero-order chi connectivity index (χ0) is 15.6. The SMILES string of the molecule is CC(Oc1ccc2c(c1)OCO2)c1nc(-c2cccnn2)no1. The van der Waals surface area contributed by atoms with Crippen molar-refractivity contribution in [1.82, 2.24) is 20.3 Å². The minimum Gasteiger partial charge on any atom is -0.481 e. The Kier molecular flexibility index (Phi) is 3.26. The number of benzene rings is 1. The summed E-state index contributed by atoms with van der Waals surface area (Å²) in [5, 5.41) is 11.6. The third-order valence-electron chi connectivity index (χ3n) is 3.25. The molecule has 23 heavy (non-hydrogen) atoms. The lowest BCUT2D eigenvalue weighted by Gasteiger charge is -2.10. The molecule has 0 radical (unpaired) electrons. The molecule has 2 aromatic heterocycles. The summed E-state index contributed by atoms with van der Waals surface area (Å²) in [5.41, 5.74) is 0.540. The lowest BCUT2D eigenvalue weighted by atomic mass is 10.3. The Balaban J connectivity index is 1.51. The molecule has 0 aliphatic carbocycles. The number of hydrogen-bond donors (Lipinski definition) is 0. The van der Waals surface area contributed by atoms with Crippen LogP contribution in [0.25, 0.3) is 11.5 Å². The standard InChI is InChI=1S/C15H12N4O4/c1-9(22-10-4-5-12-13(7-10)21-8-20-12)15-17-14(19-23-15)11-3-2-6-16-18-11/h2-7,9H,8H2,1H3. The second-order valence-electron chi connectivity index (χ2n) is 4.84. The van der Waals surface area contributed by atoms with Gasteiger partial charge >= 0.3 is 0 Å². The summed E-state index contributed by atoms with van der Waals surface area (Å²) in [5.74, 6) is 2.70. The predicted molar refractivity (Wildman–Crippen MR) is 76.9 cm³/mol. The highest BCUT2D eigenvalue weighted by atomic mass is 16.7. The molecule has 0 saturated carbocycles. The van der Waals surface area contributed by atoms with E-state index in [9.17, 15) is 0 Å². The molecule has 8 heteroatoms. The van der Waals surface area contributed by atoms with Crippen LogP contribution >= 0.6 is 0 Å². The summed E-state index contributed by atoms with van der Waals surface area (Å²) in [7, 11) is 0. The third kappa shape index (κ3) is 2.66. The van der Waals surface area contributed by atoms with Crippen molar-refractivity contribution in [3.8, 4) is 28.8 Å². The molecule has 0 fully saturated rings. The summed E-state index contributed by atoms with van der Waals surface area (Å²) >= 11 is 0. The molecule has 3 aromatic rings. The molecule has 0 N–H and O–H groups in total. The van der Waals surface area contributed by atoms with Crippen LogP contribution in [0.15, 0.2) is 41.1 Å². The normalized spacial score (nSPS) is 13.8. The summed E-state index contributed by atoms with van der Waals surface area (Å²) in [6.07, 6.45) is 1.16. The minimum atomic E-state index is -0.423. The molecule has 0 spiro atoms. The highest BCUT2D eigenvalue weighted by Gasteiger charge is 2.19. The van der Waals surface area contributed by atoms with Gasteiger partial charge in [-0.3, -0.25) is 0 Å². The minimum absolute atomic E-state index is 0.222. The highest BCUT2D eigenvalue weighted by Crippen LogP contribution is 2.36. The van der Waals surface area contributed by atoms with Gasteiger partial charge in [0.2, 0.25) is 12.6 Å². The first-order chi connectivity index (χ1) is 11.3. The maximum Gasteiger partial charge on any atom is 0.267 e. The molecule has 3 heterocycles. The van der Waals surface area contributed by atoms with Crippen molar-refractivity contribution in [2.75, 3.05) is 6.79 Å². The van der Waals surface area contributed by atoms with Gasteiger partial charge in [0.25, 0.3) is 5.89 Å². The van der Waals surface area contributed by atoms with Crippen LogP contribution in [0.1, 0.15) is 18.9 Å². The second kappa shape index (κ2) is 5.56. The predicted octanol–water partition coefficient (Wildman–Crippen LogP) is 2.40. The highest BCUT2D eigenvalue weighted by molar-refractivity contribution is 5.47. The molecule has 1 unspecified atom stereocenters. The van der Waals surface area contributed by atoms with Crippen molar-refractivity contribution in [1.29, 1.82) is 0 Å². The number of rotatable bonds is 4. The number of hydrogen-bond acceptors (Lipinski definition) is 8. The average Bonchev–Trinajstić information content (AvgIpc) is 3.24. The Morgan fingerprint density at radius 1 is 1.17 bits per heavy atom. The van der Waals surface area contributed by atoms with Crippen molar-refractivity contribution in [2.24, 2.45) is 0 Å². The van der Waals surface area contributed by atoms with Gasteiger partial charge in [0, 0.05) is 12.3 Å². The Bertz CT molecular complexity index is 821. The quantitative estimate of drug-likeness (QED) is 0.725. The maximum absolute atomic E-state index is 5.81. The van der Waals surface area contributed by atoms with Crippen molar-refractivity contribution < 1.29 is 18.7 Å². The first-order valence-corrected chi connectivity index (χ1v) is 6.97. The van der Waals surface area contributed by atoms with Gasteiger partial charge in [-0.1, -0.05) is 5.16 Å². The molecule has 0 saturated heterocycles. The average molecular weight is 312 g/mol. The molecule has 1 atom stereocenters. The maximum atomic E-state index is 5.81. The largest absolute Gasteiger partial charge is 0.481 e. The van der Waals surface area contributed by atoms with Crippen LogP contribution in [0.3, 0.4) is 0 Å². The molecule has 116 valence electrons. The van der Waals surface area contributed by atoms with E-state index >= 15 is 0 Å². The molecule has 4 rings (SSSR count).